The topological polar surface area (TPSA) is 26.7 Å². The van der Waals surface area contributed by atoms with E-state index in [-0.39, 0.29) is 0 Å². The monoisotopic (exact) mass is 484 g/mol. The third-order valence-electron chi connectivity index (χ3n) is 6.07. The smallest absolute Gasteiger partial charge is 0.0558 e. The number of nitrogens with zero attached hydrogens (tertiary/aromatic N) is 2. The second kappa shape index (κ2) is 25.3. The largest absolute Gasteiger partial charge is 0.395 e. The molecule has 0 unspecified atom stereocenters. The molecule has 0 saturated heterocycles. The number of hydrogen-bond acceptors (Lipinski definition) is 3. The van der Waals surface area contributed by atoms with Gasteiger partial charge in [-0.1, -0.05) is 122 Å². The van der Waals surface area contributed by atoms with Gasteiger partial charge in [0.05, 0.1) is 6.61 Å². The standard InChI is InChI=1S/C13H13N.C10H23NO.C9H20/c1-14(12-8-4-2-5-9-12)13-10-6-3-7-11-13;1-3-5-7-11(9-10-12)8-6-4-2;1-3-5-7-9-8-6-4-2/h2-11H,1H3;12H,3-10H2,1-2H3;3-9H2,1-2H3. The van der Waals surface area contributed by atoms with Gasteiger partial charge in [-0.2, -0.15) is 0 Å². The molecule has 0 bridgehead atoms. The molecule has 0 spiro atoms. The van der Waals surface area contributed by atoms with Crippen molar-refractivity contribution in [2.75, 3.05) is 38.2 Å². The van der Waals surface area contributed by atoms with Crippen molar-refractivity contribution < 1.29 is 5.11 Å². The molecule has 0 aromatic heterocycles. The van der Waals surface area contributed by atoms with Crippen LogP contribution >= 0.6 is 0 Å². The lowest BCUT2D eigenvalue weighted by atomic mass is 10.1. The molecule has 0 aliphatic rings. The van der Waals surface area contributed by atoms with E-state index in [2.05, 4.69) is 93.1 Å². The van der Waals surface area contributed by atoms with E-state index in [9.17, 15) is 0 Å². The molecule has 0 fully saturated rings. The Bertz CT molecular complexity index is 594. The summed E-state index contributed by atoms with van der Waals surface area (Å²) in [5.41, 5.74) is 2.41. The lowest BCUT2D eigenvalue weighted by Crippen LogP contribution is -2.28. The van der Waals surface area contributed by atoms with Crippen LogP contribution in [-0.2, 0) is 0 Å². The Morgan fingerprint density at radius 3 is 1.23 bits per heavy atom. The Morgan fingerprint density at radius 2 is 0.886 bits per heavy atom. The van der Waals surface area contributed by atoms with Gasteiger partial charge in [0.15, 0.2) is 0 Å². The Balaban J connectivity index is 0.000000510. The molecule has 0 saturated carbocycles. The first kappa shape index (κ1) is 33.2. The molecule has 0 amide bonds. The third kappa shape index (κ3) is 19.1. The zero-order valence-corrected chi connectivity index (χ0v) is 23.7. The Kier molecular flexibility index (Phi) is 23.9. The molecule has 35 heavy (non-hydrogen) atoms. The van der Waals surface area contributed by atoms with Crippen LogP contribution in [0, 0.1) is 0 Å². The Hall–Kier alpha value is -1.84. The van der Waals surface area contributed by atoms with E-state index in [1.807, 2.05) is 12.1 Å². The predicted molar refractivity (Wildman–Crippen MR) is 158 cm³/mol. The van der Waals surface area contributed by atoms with Crippen molar-refractivity contribution in [2.24, 2.45) is 0 Å². The summed E-state index contributed by atoms with van der Waals surface area (Å²) in [7, 11) is 2.07. The van der Waals surface area contributed by atoms with Crippen molar-refractivity contribution in [1.29, 1.82) is 0 Å². The molecule has 2 aromatic rings. The van der Waals surface area contributed by atoms with Crippen molar-refractivity contribution in [3.05, 3.63) is 60.7 Å². The molecule has 0 aliphatic heterocycles. The number of aliphatic hydroxyl groups excluding tert-OH is 1. The van der Waals surface area contributed by atoms with Gasteiger partial charge in [-0.05, 0) is 50.2 Å². The number of rotatable bonds is 16. The normalized spacial score (nSPS) is 10.3. The first-order chi connectivity index (χ1) is 17.1. The summed E-state index contributed by atoms with van der Waals surface area (Å²) in [4.78, 5) is 4.52. The summed E-state index contributed by atoms with van der Waals surface area (Å²) in [6.07, 6.45) is 15.0. The molecule has 2 aromatic carbocycles. The zero-order valence-electron chi connectivity index (χ0n) is 23.7. The molecule has 2 rings (SSSR count). The average Bonchev–Trinajstić information content (AvgIpc) is 2.91. The Morgan fingerprint density at radius 1 is 0.514 bits per heavy atom. The summed E-state index contributed by atoms with van der Waals surface area (Å²) in [5.74, 6) is 0. The van der Waals surface area contributed by atoms with Crippen molar-refractivity contribution in [2.45, 2.75) is 98.3 Å². The molecule has 3 heteroatoms. The molecular formula is C32H56N2O. The lowest BCUT2D eigenvalue weighted by Gasteiger charge is -2.20. The van der Waals surface area contributed by atoms with Crippen LogP contribution in [0.15, 0.2) is 60.7 Å². The van der Waals surface area contributed by atoms with E-state index in [1.165, 1.54) is 82.0 Å². The SMILES string of the molecule is CCCCCCCCC.CCCCN(CCO)CCCC.CN(c1ccccc1)c1ccccc1. The molecular weight excluding hydrogens is 428 g/mol. The molecule has 200 valence electrons. The number of hydrogen-bond donors (Lipinski definition) is 1. The van der Waals surface area contributed by atoms with Crippen LogP contribution < -0.4 is 4.90 Å². The van der Waals surface area contributed by atoms with Crippen molar-refractivity contribution in [1.82, 2.24) is 4.90 Å². The van der Waals surface area contributed by atoms with Gasteiger partial charge in [0.1, 0.15) is 0 Å². The fraction of sp³-hybridized carbons (Fsp3) is 0.625. The quantitative estimate of drug-likeness (QED) is 0.241. The van der Waals surface area contributed by atoms with Crippen LogP contribution in [0.1, 0.15) is 98.3 Å². The molecule has 0 atom stereocenters. The van der Waals surface area contributed by atoms with E-state index >= 15 is 0 Å². The van der Waals surface area contributed by atoms with Gasteiger partial charge in [-0.3, -0.25) is 0 Å². The van der Waals surface area contributed by atoms with Crippen molar-refractivity contribution >= 4 is 11.4 Å². The maximum atomic E-state index is 8.79. The van der Waals surface area contributed by atoms with E-state index in [4.69, 9.17) is 5.11 Å². The highest BCUT2D eigenvalue weighted by molar-refractivity contribution is 5.61. The summed E-state index contributed by atoms with van der Waals surface area (Å²) >= 11 is 0. The van der Waals surface area contributed by atoms with Gasteiger partial charge in [0, 0.05) is 25.0 Å². The van der Waals surface area contributed by atoms with Crippen molar-refractivity contribution in [3.63, 3.8) is 0 Å². The highest BCUT2D eigenvalue weighted by atomic mass is 16.3. The van der Waals surface area contributed by atoms with Crippen LogP contribution in [0.3, 0.4) is 0 Å². The molecule has 1 N–H and O–H groups in total. The van der Waals surface area contributed by atoms with Gasteiger partial charge >= 0.3 is 0 Å². The lowest BCUT2D eigenvalue weighted by molar-refractivity contribution is 0.192. The third-order valence-corrected chi connectivity index (χ3v) is 6.07. The number of unbranched alkanes of at least 4 members (excludes halogenated alkanes) is 8. The molecule has 3 nitrogen and oxygen atoms in total. The minimum Gasteiger partial charge on any atom is -0.395 e. The summed E-state index contributed by atoms with van der Waals surface area (Å²) in [6.45, 7) is 12.4. The van der Waals surface area contributed by atoms with Gasteiger partial charge in [0.25, 0.3) is 0 Å². The van der Waals surface area contributed by atoms with Crippen LogP contribution in [0.2, 0.25) is 0 Å². The van der Waals surface area contributed by atoms with Crippen LogP contribution in [0.4, 0.5) is 11.4 Å². The minimum atomic E-state index is 0.299. The molecule has 0 heterocycles. The van der Waals surface area contributed by atoms with Gasteiger partial charge in [0.2, 0.25) is 0 Å². The zero-order chi connectivity index (χ0) is 26.0. The van der Waals surface area contributed by atoms with Crippen LogP contribution in [-0.4, -0.2) is 43.3 Å². The van der Waals surface area contributed by atoms with E-state index in [1.54, 1.807) is 0 Å². The summed E-state index contributed by atoms with van der Waals surface area (Å²) in [6, 6.07) is 20.7. The van der Waals surface area contributed by atoms with Crippen LogP contribution in [0.5, 0.6) is 0 Å². The number of aliphatic hydroxyl groups is 1. The van der Waals surface area contributed by atoms with Gasteiger partial charge < -0.3 is 14.9 Å². The fourth-order valence-electron chi connectivity index (χ4n) is 3.72. The predicted octanol–water partition coefficient (Wildman–Crippen LogP) is 9.09. The van der Waals surface area contributed by atoms with Crippen LogP contribution in [0.25, 0.3) is 0 Å². The van der Waals surface area contributed by atoms with Crippen molar-refractivity contribution in [3.8, 4) is 0 Å². The Labute approximate surface area is 218 Å². The second-order valence-electron chi connectivity index (χ2n) is 9.27. The van der Waals surface area contributed by atoms with Gasteiger partial charge in [-0.15, -0.1) is 0 Å². The number of benzene rings is 2. The first-order valence-corrected chi connectivity index (χ1v) is 14.3. The average molecular weight is 485 g/mol. The second-order valence-corrected chi connectivity index (χ2v) is 9.27. The maximum absolute atomic E-state index is 8.79. The molecule has 0 radical (unpaired) electrons. The van der Waals surface area contributed by atoms with E-state index in [0.29, 0.717) is 6.61 Å². The fourth-order valence-corrected chi connectivity index (χ4v) is 3.72. The summed E-state index contributed by atoms with van der Waals surface area (Å²) < 4.78 is 0. The first-order valence-electron chi connectivity index (χ1n) is 14.3. The highest BCUT2D eigenvalue weighted by Gasteiger charge is 2.02. The summed E-state index contributed by atoms with van der Waals surface area (Å²) in [5, 5.41) is 8.79. The maximum Gasteiger partial charge on any atom is 0.0558 e. The minimum absolute atomic E-state index is 0.299. The van der Waals surface area contributed by atoms with E-state index < -0.39 is 0 Å². The van der Waals surface area contributed by atoms with Gasteiger partial charge in [-0.25, -0.2) is 0 Å². The number of para-hydroxylation sites is 2. The van der Waals surface area contributed by atoms with E-state index in [0.717, 1.165) is 19.6 Å². The molecule has 0 aliphatic carbocycles. The number of anilines is 2. The highest BCUT2D eigenvalue weighted by Crippen LogP contribution is 2.21.